The Morgan fingerprint density at radius 1 is 1.54 bits per heavy atom. The first-order valence-corrected chi connectivity index (χ1v) is 5.76. The Hall–Kier alpha value is -0.410. The van der Waals surface area contributed by atoms with Crippen LogP contribution in [0.5, 0.6) is 0 Å². The van der Waals surface area contributed by atoms with Crippen molar-refractivity contribution < 1.29 is 5.11 Å². The second kappa shape index (κ2) is 3.76. The minimum atomic E-state index is 0.102. The van der Waals surface area contributed by atoms with Crippen molar-refractivity contribution in [3.05, 3.63) is 15.6 Å². The van der Waals surface area contributed by atoms with Crippen LogP contribution in [0.2, 0.25) is 0 Å². The lowest BCUT2D eigenvalue weighted by Gasteiger charge is -2.24. The van der Waals surface area contributed by atoms with Gasteiger partial charge in [0.15, 0.2) is 0 Å². The van der Waals surface area contributed by atoms with Gasteiger partial charge in [0.25, 0.3) is 0 Å². The van der Waals surface area contributed by atoms with Gasteiger partial charge in [0.05, 0.1) is 12.3 Å². The highest BCUT2D eigenvalue weighted by Gasteiger charge is 2.24. The minimum Gasteiger partial charge on any atom is -0.389 e. The molecule has 1 aromatic heterocycles. The van der Waals surface area contributed by atoms with Crippen LogP contribution in [0.15, 0.2) is 0 Å². The first kappa shape index (κ1) is 9.16. The Bertz CT molecular complexity index is 291. The molecule has 13 heavy (non-hydrogen) atoms. The van der Waals surface area contributed by atoms with E-state index in [0.717, 1.165) is 11.4 Å². The molecule has 0 unspecified atom stereocenters. The van der Waals surface area contributed by atoms with Crippen LogP contribution in [0.4, 0.5) is 0 Å². The molecule has 0 aliphatic heterocycles. The van der Waals surface area contributed by atoms with Crippen LogP contribution in [0.3, 0.4) is 0 Å². The average Bonchev–Trinajstić information content (AvgIpc) is 2.45. The van der Waals surface area contributed by atoms with Gasteiger partial charge >= 0.3 is 0 Å². The summed E-state index contributed by atoms with van der Waals surface area (Å²) in [5.74, 6) is 0.700. The van der Waals surface area contributed by atoms with Gasteiger partial charge in [-0.3, -0.25) is 0 Å². The van der Waals surface area contributed by atoms with Gasteiger partial charge in [-0.25, -0.2) is 4.98 Å². The SMILES string of the molecule is CCc1sc(CO)nc1C1CCC1. The molecule has 1 fully saturated rings. The van der Waals surface area contributed by atoms with Gasteiger partial charge in [-0.15, -0.1) is 11.3 Å². The van der Waals surface area contributed by atoms with Crippen molar-refractivity contribution in [2.45, 2.75) is 45.1 Å². The van der Waals surface area contributed by atoms with Crippen molar-refractivity contribution in [1.29, 1.82) is 0 Å². The molecule has 2 nitrogen and oxygen atoms in total. The Kier molecular flexibility index (Phi) is 2.65. The smallest absolute Gasteiger partial charge is 0.119 e. The van der Waals surface area contributed by atoms with E-state index in [1.807, 2.05) is 0 Å². The first-order chi connectivity index (χ1) is 6.35. The summed E-state index contributed by atoms with van der Waals surface area (Å²) < 4.78 is 0. The Morgan fingerprint density at radius 3 is 2.77 bits per heavy atom. The second-order valence-electron chi connectivity index (χ2n) is 3.56. The summed E-state index contributed by atoms with van der Waals surface area (Å²) in [7, 11) is 0. The lowest BCUT2D eigenvalue weighted by atomic mass is 9.82. The fourth-order valence-electron chi connectivity index (χ4n) is 1.74. The van der Waals surface area contributed by atoms with Crippen molar-refractivity contribution in [3.8, 4) is 0 Å². The van der Waals surface area contributed by atoms with E-state index in [1.165, 1.54) is 29.8 Å². The highest BCUT2D eigenvalue weighted by atomic mass is 32.1. The second-order valence-corrected chi connectivity index (χ2v) is 4.72. The van der Waals surface area contributed by atoms with Crippen molar-refractivity contribution in [1.82, 2.24) is 4.98 Å². The molecule has 72 valence electrons. The Labute approximate surface area is 82.6 Å². The normalized spacial score (nSPS) is 17.4. The highest BCUT2D eigenvalue weighted by molar-refractivity contribution is 7.11. The molecule has 3 heteroatoms. The summed E-state index contributed by atoms with van der Waals surface area (Å²) in [6, 6.07) is 0. The van der Waals surface area contributed by atoms with Crippen molar-refractivity contribution in [2.75, 3.05) is 0 Å². The maximum absolute atomic E-state index is 8.99. The third kappa shape index (κ3) is 1.63. The molecule has 0 bridgehead atoms. The zero-order valence-corrected chi connectivity index (χ0v) is 8.73. The van der Waals surface area contributed by atoms with Crippen LogP contribution >= 0.6 is 11.3 Å². The molecule has 0 aromatic carbocycles. The summed E-state index contributed by atoms with van der Waals surface area (Å²) >= 11 is 1.68. The average molecular weight is 197 g/mol. The molecular weight excluding hydrogens is 182 g/mol. The number of nitrogens with zero attached hydrogens (tertiary/aromatic N) is 1. The van der Waals surface area contributed by atoms with E-state index >= 15 is 0 Å². The number of rotatable bonds is 3. The number of aliphatic hydroxyl groups is 1. The van der Waals surface area contributed by atoms with E-state index in [1.54, 1.807) is 11.3 Å². The van der Waals surface area contributed by atoms with Gasteiger partial charge in [0.1, 0.15) is 5.01 Å². The van der Waals surface area contributed by atoms with Crippen LogP contribution < -0.4 is 0 Å². The molecule has 0 saturated heterocycles. The Morgan fingerprint density at radius 2 is 2.31 bits per heavy atom. The number of hydrogen-bond donors (Lipinski definition) is 1. The third-order valence-corrected chi connectivity index (χ3v) is 3.92. The summed E-state index contributed by atoms with van der Waals surface area (Å²) in [6.45, 7) is 2.27. The molecule has 1 aliphatic carbocycles. The zero-order chi connectivity index (χ0) is 9.26. The number of aromatic nitrogens is 1. The predicted molar refractivity (Wildman–Crippen MR) is 54.0 cm³/mol. The van der Waals surface area contributed by atoms with E-state index in [-0.39, 0.29) is 6.61 Å². The first-order valence-electron chi connectivity index (χ1n) is 4.94. The highest BCUT2D eigenvalue weighted by Crippen LogP contribution is 2.39. The van der Waals surface area contributed by atoms with Crippen LogP contribution in [0.1, 0.15) is 47.7 Å². The topological polar surface area (TPSA) is 33.1 Å². The van der Waals surface area contributed by atoms with E-state index in [2.05, 4.69) is 11.9 Å². The van der Waals surface area contributed by atoms with E-state index in [0.29, 0.717) is 5.92 Å². The lowest BCUT2D eigenvalue weighted by molar-refractivity contribution is 0.280. The molecule has 1 saturated carbocycles. The molecule has 0 amide bonds. The maximum Gasteiger partial charge on any atom is 0.119 e. The fraction of sp³-hybridized carbons (Fsp3) is 0.700. The van der Waals surface area contributed by atoms with Crippen LogP contribution in [0, 0.1) is 0 Å². The van der Waals surface area contributed by atoms with Crippen molar-refractivity contribution in [3.63, 3.8) is 0 Å². The van der Waals surface area contributed by atoms with Gasteiger partial charge < -0.3 is 5.11 Å². The van der Waals surface area contributed by atoms with Crippen LogP contribution in [0.25, 0.3) is 0 Å². The predicted octanol–water partition coefficient (Wildman–Crippen LogP) is 2.47. The lowest BCUT2D eigenvalue weighted by Crippen LogP contribution is -2.10. The zero-order valence-electron chi connectivity index (χ0n) is 7.92. The number of aryl methyl sites for hydroxylation is 1. The van der Waals surface area contributed by atoms with E-state index < -0.39 is 0 Å². The monoisotopic (exact) mass is 197 g/mol. The molecule has 0 spiro atoms. The molecule has 1 aromatic rings. The van der Waals surface area contributed by atoms with Crippen LogP contribution in [-0.4, -0.2) is 10.1 Å². The summed E-state index contributed by atoms with van der Waals surface area (Å²) in [6.07, 6.45) is 4.99. The number of thiazole rings is 1. The summed E-state index contributed by atoms with van der Waals surface area (Å²) in [5, 5.41) is 9.88. The van der Waals surface area contributed by atoms with E-state index in [4.69, 9.17) is 5.11 Å². The summed E-state index contributed by atoms with van der Waals surface area (Å²) in [4.78, 5) is 5.87. The van der Waals surface area contributed by atoms with Gasteiger partial charge in [0, 0.05) is 10.8 Å². The molecule has 1 aliphatic rings. The van der Waals surface area contributed by atoms with Crippen LogP contribution in [-0.2, 0) is 13.0 Å². The Balaban J connectivity index is 2.25. The van der Waals surface area contributed by atoms with E-state index in [9.17, 15) is 0 Å². The quantitative estimate of drug-likeness (QED) is 0.807. The number of hydrogen-bond acceptors (Lipinski definition) is 3. The van der Waals surface area contributed by atoms with Gasteiger partial charge in [0.2, 0.25) is 0 Å². The third-order valence-electron chi connectivity index (χ3n) is 2.72. The minimum absolute atomic E-state index is 0.102. The van der Waals surface area contributed by atoms with Gasteiger partial charge in [-0.1, -0.05) is 13.3 Å². The van der Waals surface area contributed by atoms with Crippen molar-refractivity contribution >= 4 is 11.3 Å². The summed E-state index contributed by atoms with van der Waals surface area (Å²) in [5.41, 5.74) is 1.28. The molecule has 2 rings (SSSR count). The molecule has 1 heterocycles. The fourth-order valence-corrected chi connectivity index (χ4v) is 2.69. The maximum atomic E-state index is 8.99. The van der Waals surface area contributed by atoms with Gasteiger partial charge in [-0.05, 0) is 19.3 Å². The largest absolute Gasteiger partial charge is 0.389 e. The van der Waals surface area contributed by atoms with Gasteiger partial charge in [-0.2, -0.15) is 0 Å². The molecule has 1 N–H and O–H groups in total. The molecule has 0 radical (unpaired) electrons. The molecular formula is C10H15NOS. The van der Waals surface area contributed by atoms with Crippen molar-refractivity contribution in [2.24, 2.45) is 0 Å². The standard InChI is InChI=1S/C10H15NOS/c1-2-8-10(7-4-3-5-7)11-9(6-12)13-8/h7,12H,2-6H2,1H3. The number of aliphatic hydroxyl groups excluding tert-OH is 1. The molecule has 0 atom stereocenters.